The fourth-order valence-electron chi connectivity index (χ4n) is 4.10. The van der Waals surface area contributed by atoms with Gasteiger partial charge in [-0.05, 0) is 35.7 Å². The van der Waals surface area contributed by atoms with E-state index in [9.17, 15) is 10.1 Å². The second-order valence-corrected chi connectivity index (χ2v) is 8.35. The lowest BCUT2D eigenvalue weighted by atomic mass is 10.0. The molecule has 0 atom stereocenters. The molecule has 0 amide bonds. The number of nitro groups is 1. The van der Waals surface area contributed by atoms with E-state index in [0.29, 0.717) is 25.5 Å². The number of aromatic nitrogens is 3. The number of anilines is 2. The number of rotatable bonds is 5. The Kier molecular flexibility index (Phi) is 5.03. The molecule has 2 aromatic carbocycles. The van der Waals surface area contributed by atoms with Crippen molar-refractivity contribution in [1.29, 1.82) is 0 Å². The summed E-state index contributed by atoms with van der Waals surface area (Å²) in [6.07, 6.45) is 2.17. The number of benzene rings is 2. The Labute approximate surface area is 186 Å². The summed E-state index contributed by atoms with van der Waals surface area (Å²) in [6.45, 7) is 1.60. The van der Waals surface area contributed by atoms with E-state index in [1.165, 1.54) is 17.3 Å². The summed E-state index contributed by atoms with van der Waals surface area (Å²) in [5.41, 5.74) is 4.32. The van der Waals surface area contributed by atoms with Crippen molar-refractivity contribution in [3.05, 3.63) is 86.3 Å². The molecule has 0 aliphatic carbocycles. The van der Waals surface area contributed by atoms with Gasteiger partial charge in [0.05, 0.1) is 11.5 Å². The molecule has 0 radical (unpaired) electrons. The zero-order valence-corrected chi connectivity index (χ0v) is 18.1. The molecule has 0 fully saturated rings. The second-order valence-electron chi connectivity index (χ2n) is 7.43. The molecule has 5 rings (SSSR count). The molecule has 156 valence electrons. The van der Waals surface area contributed by atoms with Crippen molar-refractivity contribution in [3.63, 3.8) is 0 Å². The normalized spacial score (nSPS) is 13.3. The average Bonchev–Trinajstić information content (AvgIpc) is 3.15. The molecule has 0 unspecified atom stereocenters. The second kappa shape index (κ2) is 7.99. The first-order chi connectivity index (χ1) is 15.1. The third-order valence-electron chi connectivity index (χ3n) is 5.52. The fraction of sp³-hybridized carbons (Fsp3) is 0.182. The van der Waals surface area contributed by atoms with Crippen LogP contribution in [0.5, 0.6) is 0 Å². The molecule has 0 saturated heterocycles. The maximum atomic E-state index is 12.0. The quantitative estimate of drug-likeness (QED) is 0.315. The molecule has 3 heterocycles. The summed E-state index contributed by atoms with van der Waals surface area (Å²) in [6, 6.07) is 16.0. The van der Waals surface area contributed by atoms with Crippen LogP contribution in [0.1, 0.15) is 16.8 Å². The first-order valence-electron chi connectivity index (χ1n) is 9.91. The van der Waals surface area contributed by atoms with Crippen LogP contribution >= 0.6 is 15.9 Å². The molecule has 0 bridgehead atoms. The van der Waals surface area contributed by atoms with Gasteiger partial charge in [0.15, 0.2) is 0 Å². The zero-order valence-electron chi connectivity index (χ0n) is 16.5. The van der Waals surface area contributed by atoms with Gasteiger partial charge in [-0.15, -0.1) is 0 Å². The molecule has 1 aliphatic rings. The summed E-state index contributed by atoms with van der Waals surface area (Å²) >= 11 is 3.44. The predicted molar refractivity (Wildman–Crippen MR) is 123 cm³/mol. The fourth-order valence-corrected chi connectivity index (χ4v) is 4.55. The SMILES string of the molecule is O=[N+]([O-])c1c(NCc2cccc(Br)c2)ncnc1N1CCc2c([nH]c3ccccc23)C1. The molecule has 8 nitrogen and oxygen atoms in total. The van der Waals surface area contributed by atoms with E-state index >= 15 is 0 Å². The van der Waals surface area contributed by atoms with Crippen LogP contribution in [0.15, 0.2) is 59.3 Å². The van der Waals surface area contributed by atoms with E-state index in [2.05, 4.69) is 48.3 Å². The van der Waals surface area contributed by atoms with Gasteiger partial charge in [0.1, 0.15) is 6.33 Å². The van der Waals surface area contributed by atoms with Gasteiger partial charge in [0, 0.05) is 34.2 Å². The highest BCUT2D eigenvalue weighted by molar-refractivity contribution is 9.10. The van der Waals surface area contributed by atoms with Gasteiger partial charge in [0.25, 0.3) is 0 Å². The minimum Gasteiger partial charge on any atom is -0.360 e. The predicted octanol–water partition coefficient (Wildman–Crippen LogP) is 4.80. The smallest absolute Gasteiger partial charge is 0.353 e. The van der Waals surface area contributed by atoms with Crippen LogP contribution in [-0.4, -0.2) is 26.4 Å². The third-order valence-corrected chi connectivity index (χ3v) is 6.01. The maximum absolute atomic E-state index is 12.0. The van der Waals surface area contributed by atoms with Crippen molar-refractivity contribution >= 4 is 44.2 Å². The van der Waals surface area contributed by atoms with Crippen LogP contribution in [0.4, 0.5) is 17.3 Å². The Morgan fingerprint density at radius 1 is 1.19 bits per heavy atom. The number of nitrogens with one attached hydrogen (secondary N) is 2. The largest absolute Gasteiger partial charge is 0.360 e. The van der Waals surface area contributed by atoms with E-state index in [1.54, 1.807) is 0 Å². The summed E-state index contributed by atoms with van der Waals surface area (Å²) in [5.74, 6) is 0.554. The summed E-state index contributed by atoms with van der Waals surface area (Å²) in [5, 5.41) is 16.3. The molecule has 9 heteroatoms. The summed E-state index contributed by atoms with van der Waals surface area (Å²) in [4.78, 5) is 25.4. The average molecular weight is 479 g/mol. The zero-order chi connectivity index (χ0) is 21.4. The minimum absolute atomic E-state index is 0.0999. The van der Waals surface area contributed by atoms with Gasteiger partial charge in [-0.1, -0.05) is 46.3 Å². The van der Waals surface area contributed by atoms with E-state index in [-0.39, 0.29) is 11.5 Å². The van der Waals surface area contributed by atoms with Crippen molar-refractivity contribution in [2.24, 2.45) is 0 Å². The van der Waals surface area contributed by atoms with Crippen LogP contribution in [-0.2, 0) is 19.5 Å². The number of halogens is 1. The molecule has 0 spiro atoms. The molecule has 1 aliphatic heterocycles. The van der Waals surface area contributed by atoms with Crippen LogP contribution in [0.25, 0.3) is 10.9 Å². The van der Waals surface area contributed by atoms with Gasteiger partial charge >= 0.3 is 5.69 Å². The monoisotopic (exact) mass is 478 g/mol. The Bertz CT molecular complexity index is 1290. The molecule has 31 heavy (non-hydrogen) atoms. The number of H-pyrrole nitrogens is 1. The Hall–Kier alpha value is -3.46. The van der Waals surface area contributed by atoms with E-state index < -0.39 is 4.92 Å². The highest BCUT2D eigenvalue weighted by atomic mass is 79.9. The first-order valence-corrected chi connectivity index (χ1v) is 10.7. The lowest BCUT2D eigenvalue weighted by molar-refractivity contribution is -0.383. The lowest BCUT2D eigenvalue weighted by Gasteiger charge is -2.27. The third kappa shape index (κ3) is 3.72. The highest BCUT2D eigenvalue weighted by Crippen LogP contribution is 2.36. The van der Waals surface area contributed by atoms with Crippen LogP contribution in [0, 0.1) is 10.1 Å². The minimum atomic E-state index is -0.403. The van der Waals surface area contributed by atoms with Crippen LogP contribution in [0.3, 0.4) is 0 Å². The summed E-state index contributed by atoms with van der Waals surface area (Å²) in [7, 11) is 0. The van der Waals surface area contributed by atoms with Crippen molar-refractivity contribution in [2.75, 3.05) is 16.8 Å². The van der Waals surface area contributed by atoms with E-state index in [0.717, 1.165) is 27.7 Å². The number of nitrogens with zero attached hydrogens (tertiary/aromatic N) is 4. The van der Waals surface area contributed by atoms with Crippen molar-refractivity contribution in [3.8, 4) is 0 Å². The Morgan fingerprint density at radius 3 is 2.90 bits per heavy atom. The van der Waals surface area contributed by atoms with Gasteiger partial charge in [-0.25, -0.2) is 9.97 Å². The number of hydrogen-bond acceptors (Lipinski definition) is 6. The Morgan fingerprint density at radius 2 is 2.06 bits per heavy atom. The first kappa shape index (κ1) is 19.5. The van der Waals surface area contributed by atoms with Crippen LogP contribution in [0.2, 0.25) is 0 Å². The van der Waals surface area contributed by atoms with Gasteiger partial charge < -0.3 is 15.2 Å². The maximum Gasteiger partial charge on any atom is 0.353 e. The van der Waals surface area contributed by atoms with E-state index in [4.69, 9.17) is 0 Å². The number of hydrogen-bond donors (Lipinski definition) is 2. The molecule has 2 N–H and O–H groups in total. The number of para-hydroxylation sites is 1. The van der Waals surface area contributed by atoms with Crippen molar-refractivity contribution < 1.29 is 4.92 Å². The van der Waals surface area contributed by atoms with Crippen LogP contribution < -0.4 is 10.2 Å². The summed E-state index contributed by atoms with van der Waals surface area (Å²) < 4.78 is 0.951. The molecular formula is C22H19BrN6O2. The number of fused-ring (bicyclic) bond motifs is 3. The highest BCUT2D eigenvalue weighted by Gasteiger charge is 2.30. The molecule has 0 saturated carbocycles. The Balaban J connectivity index is 1.45. The molecule has 4 aromatic rings. The van der Waals surface area contributed by atoms with Crippen molar-refractivity contribution in [2.45, 2.75) is 19.5 Å². The standard InChI is InChI=1S/C22H19BrN6O2/c23-15-5-3-4-14(10-15)11-24-21-20(29(30)31)22(26-13-25-21)28-9-8-17-16-6-1-2-7-18(16)27-19(17)12-28/h1-7,10,13,27H,8-9,11-12H2,(H,24,25,26). The lowest BCUT2D eigenvalue weighted by Crippen LogP contribution is -2.31. The van der Waals surface area contributed by atoms with Gasteiger partial charge in [-0.3, -0.25) is 10.1 Å². The van der Waals surface area contributed by atoms with Crippen molar-refractivity contribution in [1.82, 2.24) is 15.0 Å². The molecule has 2 aromatic heterocycles. The number of aromatic amines is 1. The van der Waals surface area contributed by atoms with E-state index in [1.807, 2.05) is 41.3 Å². The van der Waals surface area contributed by atoms with Gasteiger partial charge in [0.2, 0.25) is 11.6 Å². The van der Waals surface area contributed by atoms with Gasteiger partial charge in [-0.2, -0.15) is 0 Å². The topological polar surface area (TPSA) is 100.0 Å². The molecular weight excluding hydrogens is 460 g/mol.